The van der Waals surface area contributed by atoms with E-state index in [1.165, 1.54) is 5.92 Å². The van der Waals surface area contributed by atoms with Crippen molar-refractivity contribution in [2.75, 3.05) is 6.61 Å². The van der Waals surface area contributed by atoms with Gasteiger partial charge in [-0.05, 0) is 0 Å². The molecule has 0 aliphatic carbocycles. The van der Waals surface area contributed by atoms with Crippen molar-refractivity contribution in [3.8, 4) is 11.7 Å². The van der Waals surface area contributed by atoms with Gasteiger partial charge in [0.15, 0.2) is 0 Å². The molecule has 0 aromatic heterocycles. The summed E-state index contributed by atoms with van der Waals surface area (Å²) in [6, 6.07) is 0. The quantitative estimate of drug-likeness (QED) is 0.305. The smallest absolute Gasteiger partial charge is 0.438 e. The maximum atomic E-state index is 11.0. The first-order valence-corrected chi connectivity index (χ1v) is 1.86. The van der Waals surface area contributed by atoms with Crippen LogP contribution < -0.4 is 51.4 Å². The zero-order chi connectivity index (χ0) is 6.62. The van der Waals surface area contributed by atoms with E-state index in [2.05, 4.69) is 0 Å². The zero-order valence-electron chi connectivity index (χ0n) is 4.87. The van der Waals surface area contributed by atoms with Gasteiger partial charge in [0.1, 0.15) is 6.61 Å². The third-order valence-corrected chi connectivity index (χ3v) is 0.345. The summed E-state index contributed by atoms with van der Waals surface area (Å²) in [6.07, 6.45) is 0. The van der Waals surface area contributed by atoms with Crippen molar-refractivity contribution in [2.24, 2.45) is 0 Å². The third kappa shape index (κ3) is 12.3. The van der Waals surface area contributed by atoms with Gasteiger partial charge in [-0.2, -0.15) is 0 Å². The van der Waals surface area contributed by atoms with Gasteiger partial charge < -0.3 is 18.1 Å². The fraction of sp³-hybridized carbons (Fsp3) is 0.333. The molecular formula is C3H3BF3KO. The van der Waals surface area contributed by atoms with Crippen molar-refractivity contribution >= 4 is 6.98 Å². The predicted molar refractivity (Wildman–Crippen MR) is 23.9 cm³/mol. The number of aliphatic hydroxyl groups excluding tert-OH is 1. The van der Waals surface area contributed by atoms with Crippen LogP contribution in [0.4, 0.5) is 12.9 Å². The van der Waals surface area contributed by atoms with Crippen LogP contribution in [0.15, 0.2) is 0 Å². The number of hydrogen-bond donors (Lipinski definition) is 1. The summed E-state index contributed by atoms with van der Waals surface area (Å²) >= 11 is 0. The first kappa shape index (κ1) is 12.7. The van der Waals surface area contributed by atoms with Crippen molar-refractivity contribution in [3.63, 3.8) is 0 Å². The molecule has 0 aliphatic rings. The van der Waals surface area contributed by atoms with E-state index < -0.39 is 13.6 Å². The summed E-state index contributed by atoms with van der Waals surface area (Å²) in [5.41, 5.74) is 0. The predicted octanol–water partition coefficient (Wildman–Crippen LogP) is -2.63. The van der Waals surface area contributed by atoms with Crippen LogP contribution in [-0.4, -0.2) is 18.7 Å². The van der Waals surface area contributed by atoms with E-state index in [9.17, 15) is 12.9 Å². The van der Waals surface area contributed by atoms with Gasteiger partial charge in [-0.25, -0.2) is 5.82 Å². The second-order valence-electron chi connectivity index (χ2n) is 1.05. The molecule has 0 bridgehead atoms. The Morgan fingerprint density at radius 3 is 1.89 bits per heavy atom. The maximum absolute atomic E-state index is 11.0. The molecule has 0 saturated heterocycles. The van der Waals surface area contributed by atoms with Crippen molar-refractivity contribution in [2.45, 2.75) is 0 Å². The summed E-state index contributed by atoms with van der Waals surface area (Å²) in [5, 5.41) is 7.77. The molecule has 0 fully saturated rings. The van der Waals surface area contributed by atoms with E-state index in [0.29, 0.717) is 0 Å². The summed E-state index contributed by atoms with van der Waals surface area (Å²) < 4.78 is 33.1. The molecule has 0 saturated carbocycles. The normalized spacial score (nSPS) is 8.89. The van der Waals surface area contributed by atoms with Gasteiger partial charge in [-0.3, -0.25) is 0 Å². The maximum Gasteiger partial charge on any atom is 1.00 e. The van der Waals surface area contributed by atoms with Crippen LogP contribution in [0.25, 0.3) is 0 Å². The second-order valence-corrected chi connectivity index (χ2v) is 1.05. The van der Waals surface area contributed by atoms with Crippen LogP contribution in [0.5, 0.6) is 0 Å². The van der Waals surface area contributed by atoms with Crippen LogP contribution in [0.3, 0.4) is 0 Å². The number of rotatable bonds is 0. The molecule has 9 heavy (non-hydrogen) atoms. The molecule has 0 radical (unpaired) electrons. The van der Waals surface area contributed by atoms with Gasteiger partial charge in [0.25, 0.3) is 0 Å². The monoisotopic (exact) mass is 162 g/mol. The van der Waals surface area contributed by atoms with Gasteiger partial charge in [0.2, 0.25) is 0 Å². The van der Waals surface area contributed by atoms with Crippen molar-refractivity contribution in [1.29, 1.82) is 0 Å². The molecule has 0 spiro atoms. The number of aliphatic hydroxyl groups is 1. The molecule has 0 aromatic carbocycles. The fourth-order valence-electron chi connectivity index (χ4n) is 0.161. The molecule has 0 aliphatic heterocycles. The molecule has 1 nitrogen and oxygen atoms in total. The molecule has 0 rings (SSSR count). The number of hydrogen-bond acceptors (Lipinski definition) is 1. The number of halogens is 3. The van der Waals surface area contributed by atoms with E-state index in [1.54, 1.807) is 0 Å². The van der Waals surface area contributed by atoms with E-state index in [1.807, 2.05) is 0 Å². The van der Waals surface area contributed by atoms with Gasteiger partial charge in [0.05, 0.1) is 0 Å². The van der Waals surface area contributed by atoms with E-state index in [0.717, 1.165) is 5.82 Å². The SMILES string of the molecule is OCC#C[B-](F)(F)F.[K+]. The molecule has 0 atom stereocenters. The first-order valence-electron chi connectivity index (χ1n) is 1.86. The van der Waals surface area contributed by atoms with Crippen molar-refractivity contribution in [3.05, 3.63) is 0 Å². The Labute approximate surface area is 93.5 Å². The minimum Gasteiger partial charge on any atom is -0.438 e. The molecule has 46 valence electrons. The molecule has 0 unspecified atom stereocenters. The van der Waals surface area contributed by atoms with E-state index in [4.69, 9.17) is 5.11 Å². The van der Waals surface area contributed by atoms with Gasteiger partial charge >= 0.3 is 58.4 Å². The third-order valence-electron chi connectivity index (χ3n) is 0.345. The Morgan fingerprint density at radius 1 is 1.33 bits per heavy atom. The summed E-state index contributed by atoms with van der Waals surface area (Å²) in [7, 11) is 0. The summed E-state index contributed by atoms with van der Waals surface area (Å²) in [6.45, 7) is -5.76. The van der Waals surface area contributed by atoms with Crippen LogP contribution >= 0.6 is 0 Å². The average molecular weight is 162 g/mol. The van der Waals surface area contributed by atoms with E-state index in [-0.39, 0.29) is 51.4 Å². The molecule has 0 amide bonds. The van der Waals surface area contributed by atoms with Gasteiger partial charge in [0, 0.05) is 0 Å². The van der Waals surface area contributed by atoms with Crippen LogP contribution in [0.1, 0.15) is 0 Å². The zero-order valence-corrected chi connectivity index (χ0v) is 7.99. The largest absolute Gasteiger partial charge is 1.00 e. The Balaban J connectivity index is 0. The standard InChI is InChI=1S/C3H3BF3O.K/c5-4(6,7)2-1-3-8;/h8H,3H2;/q-1;+1. The molecule has 6 heteroatoms. The molecule has 0 heterocycles. The minimum absolute atomic E-state index is 0. The Hall–Kier alpha value is 1.01. The molecule has 0 aromatic rings. The van der Waals surface area contributed by atoms with Crippen molar-refractivity contribution < 1.29 is 69.4 Å². The topological polar surface area (TPSA) is 20.2 Å². The summed E-state index contributed by atoms with van der Waals surface area (Å²) in [5.74, 6) is 2.43. The Morgan fingerprint density at radius 2 is 1.78 bits per heavy atom. The van der Waals surface area contributed by atoms with Gasteiger partial charge in [-0.1, -0.05) is 0 Å². The summed E-state index contributed by atoms with van der Waals surface area (Å²) in [4.78, 5) is 0. The van der Waals surface area contributed by atoms with Crippen molar-refractivity contribution in [1.82, 2.24) is 0 Å². The van der Waals surface area contributed by atoms with E-state index >= 15 is 0 Å². The van der Waals surface area contributed by atoms with Crippen LogP contribution in [0.2, 0.25) is 0 Å². The second kappa shape index (κ2) is 5.77. The van der Waals surface area contributed by atoms with Crippen LogP contribution in [-0.2, 0) is 0 Å². The molecule has 1 N–H and O–H groups in total. The minimum atomic E-state index is -5.02. The first-order chi connectivity index (χ1) is 3.56. The molecular weight excluding hydrogens is 159 g/mol. The van der Waals surface area contributed by atoms with Gasteiger partial charge in [-0.15, -0.1) is 5.92 Å². The average Bonchev–Trinajstić information content (AvgIpc) is 1.59. The Kier molecular flexibility index (Phi) is 8.12. The van der Waals surface area contributed by atoms with Crippen LogP contribution in [0, 0.1) is 11.7 Å². The fourth-order valence-corrected chi connectivity index (χ4v) is 0.161. The Bertz CT molecular complexity index is 123.